The van der Waals surface area contributed by atoms with Crippen molar-refractivity contribution in [1.82, 2.24) is 25.0 Å². The first-order valence-electron chi connectivity index (χ1n) is 7.66. The molecule has 0 amide bonds. The average molecular weight is 327 g/mol. The third kappa shape index (κ3) is 2.99. The SMILES string of the molecule is CC(c1ccccc1)n1c(-c2cc(C(C)(C)C)[nH]n2)n[nH]c1=S. The molecule has 6 heteroatoms. The van der Waals surface area contributed by atoms with E-state index in [4.69, 9.17) is 12.2 Å². The summed E-state index contributed by atoms with van der Waals surface area (Å²) in [6.07, 6.45) is 0. The highest BCUT2D eigenvalue weighted by molar-refractivity contribution is 7.71. The molecule has 0 bridgehead atoms. The van der Waals surface area contributed by atoms with E-state index in [0.29, 0.717) is 4.77 Å². The van der Waals surface area contributed by atoms with Crippen molar-refractivity contribution < 1.29 is 0 Å². The third-order valence-corrected chi connectivity index (χ3v) is 4.28. The van der Waals surface area contributed by atoms with Crippen molar-refractivity contribution in [3.8, 4) is 11.5 Å². The van der Waals surface area contributed by atoms with Crippen molar-refractivity contribution in [2.24, 2.45) is 0 Å². The first-order chi connectivity index (χ1) is 10.9. The molecule has 2 aromatic heterocycles. The molecule has 0 saturated carbocycles. The van der Waals surface area contributed by atoms with Crippen LogP contribution in [0.3, 0.4) is 0 Å². The molecule has 120 valence electrons. The Morgan fingerprint density at radius 1 is 1.09 bits per heavy atom. The zero-order valence-corrected chi connectivity index (χ0v) is 14.6. The molecule has 23 heavy (non-hydrogen) atoms. The topological polar surface area (TPSA) is 62.3 Å². The Morgan fingerprint density at radius 2 is 1.78 bits per heavy atom. The summed E-state index contributed by atoms with van der Waals surface area (Å²) in [4.78, 5) is 0. The van der Waals surface area contributed by atoms with Crippen LogP contribution in [-0.2, 0) is 5.41 Å². The first kappa shape index (κ1) is 15.7. The van der Waals surface area contributed by atoms with Crippen LogP contribution >= 0.6 is 12.2 Å². The van der Waals surface area contributed by atoms with Crippen molar-refractivity contribution >= 4 is 12.2 Å². The van der Waals surface area contributed by atoms with E-state index in [-0.39, 0.29) is 11.5 Å². The molecule has 3 aromatic rings. The molecule has 5 nitrogen and oxygen atoms in total. The fraction of sp³-hybridized carbons (Fsp3) is 0.353. The third-order valence-electron chi connectivity index (χ3n) is 3.99. The van der Waals surface area contributed by atoms with Gasteiger partial charge < -0.3 is 0 Å². The van der Waals surface area contributed by atoms with E-state index in [2.05, 4.69) is 60.2 Å². The Labute approximate surface area is 140 Å². The lowest BCUT2D eigenvalue weighted by Crippen LogP contribution is -2.11. The number of benzene rings is 1. The minimum absolute atomic E-state index is 0.00816. The first-order valence-corrected chi connectivity index (χ1v) is 8.07. The minimum Gasteiger partial charge on any atom is -0.291 e. The van der Waals surface area contributed by atoms with Crippen molar-refractivity contribution in [1.29, 1.82) is 0 Å². The summed E-state index contributed by atoms with van der Waals surface area (Å²) in [5, 5.41) is 14.8. The van der Waals surface area contributed by atoms with Crippen LogP contribution in [0.25, 0.3) is 11.5 Å². The van der Waals surface area contributed by atoms with Gasteiger partial charge in [0.05, 0.1) is 6.04 Å². The molecule has 3 rings (SSSR count). The van der Waals surface area contributed by atoms with Crippen molar-refractivity contribution in [2.45, 2.75) is 39.2 Å². The van der Waals surface area contributed by atoms with Gasteiger partial charge >= 0.3 is 0 Å². The van der Waals surface area contributed by atoms with Gasteiger partial charge in [-0.25, -0.2) is 0 Å². The lowest BCUT2D eigenvalue weighted by molar-refractivity contribution is 0.567. The highest BCUT2D eigenvalue weighted by Gasteiger charge is 2.21. The predicted octanol–water partition coefficient (Wildman–Crippen LogP) is 4.24. The van der Waals surface area contributed by atoms with Crippen LogP contribution in [0, 0.1) is 4.77 Å². The van der Waals surface area contributed by atoms with Crippen molar-refractivity contribution in [3.63, 3.8) is 0 Å². The lowest BCUT2D eigenvalue weighted by atomic mass is 9.92. The molecule has 0 radical (unpaired) electrons. The summed E-state index contributed by atoms with van der Waals surface area (Å²) in [7, 11) is 0. The van der Waals surface area contributed by atoms with Gasteiger partial charge in [-0.05, 0) is 30.8 Å². The summed E-state index contributed by atoms with van der Waals surface area (Å²) < 4.78 is 2.60. The predicted molar refractivity (Wildman–Crippen MR) is 93.9 cm³/mol. The van der Waals surface area contributed by atoms with Crippen LogP contribution in [-0.4, -0.2) is 25.0 Å². The van der Waals surface area contributed by atoms with Crippen LogP contribution in [0.5, 0.6) is 0 Å². The average Bonchev–Trinajstić information content (AvgIpc) is 3.13. The minimum atomic E-state index is 0.00816. The van der Waals surface area contributed by atoms with E-state index in [0.717, 1.165) is 17.2 Å². The Bertz CT molecular complexity index is 851. The Hall–Kier alpha value is -2.21. The molecule has 1 unspecified atom stereocenters. The van der Waals surface area contributed by atoms with Gasteiger partial charge in [-0.1, -0.05) is 51.1 Å². The lowest BCUT2D eigenvalue weighted by Gasteiger charge is -2.15. The largest absolute Gasteiger partial charge is 0.291 e. The fourth-order valence-electron chi connectivity index (χ4n) is 2.55. The van der Waals surface area contributed by atoms with Gasteiger partial charge in [0.15, 0.2) is 10.6 Å². The summed E-state index contributed by atoms with van der Waals surface area (Å²) in [6, 6.07) is 12.4. The maximum absolute atomic E-state index is 5.44. The summed E-state index contributed by atoms with van der Waals surface area (Å²) in [6.45, 7) is 8.55. The standard InChI is InChI=1S/C17H21N5S/c1-11(12-8-6-5-7-9-12)22-15(20-21-16(22)23)13-10-14(19-18-13)17(2,3)4/h5-11H,1-4H3,(H,18,19)(H,21,23). The van der Waals surface area contributed by atoms with Crippen LogP contribution in [0.2, 0.25) is 0 Å². The van der Waals surface area contributed by atoms with Gasteiger partial charge in [0.2, 0.25) is 0 Å². The zero-order chi connectivity index (χ0) is 16.6. The highest BCUT2D eigenvalue weighted by Crippen LogP contribution is 2.27. The number of aromatic amines is 2. The van der Waals surface area contributed by atoms with Crippen LogP contribution in [0.4, 0.5) is 0 Å². The molecular formula is C17H21N5S. The maximum Gasteiger partial charge on any atom is 0.196 e. The molecule has 2 heterocycles. The number of nitrogens with one attached hydrogen (secondary N) is 2. The van der Waals surface area contributed by atoms with Gasteiger partial charge in [-0.2, -0.15) is 10.2 Å². The van der Waals surface area contributed by atoms with E-state index in [1.807, 2.05) is 28.8 Å². The van der Waals surface area contributed by atoms with Crippen molar-refractivity contribution in [2.75, 3.05) is 0 Å². The number of hydrogen-bond acceptors (Lipinski definition) is 3. The van der Waals surface area contributed by atoms with Crippen molar-refractivity contribution in [3.05, 3.63) is 52.4 Å². The summed E-state index contributed by atoms with van der Waals surface area (Å²) in [5.74, 6) is 0.748. The van der Waals surface area contributed by atoms with E-state index in [1.54, 1.807) is 0 Å². The summed E-state index contributed by atoms with van der Waals surface area (Å²) in [5.41, 5.74) is 3.05. The quantitative estimate of drug-likeness (QED) is 0.707. The summed E-state index contributed by atoms with van der Waals surface area (Å²) >= 11 is 5.44. The number of H-pyrrole nitrogens is 2. The number of nitrogens with zero attached hydrogens (tertiary/aromatic N) is 3. The second kappa shape index (κ2) is 5.77. The van der Waals surface area contributed by atoms with E-state index in [9.17, 15) is 0 Å². The van der Waals surface area contributed by atoms with Gasteiger partial charge in [0.25, 0.3) is 0 Å². The van der Waals surface area contributed by atoms with E-state index in [1.165, 1.54) is 5.56 Å². The van der Waals surface area contributed by atoms with Gasteiger partial charge in [0, 0.05) is 11.1 Å². The van der Waals surface area contributed by atoms with Gasteiger partial charge in [-0.3, -0.25) is 14.8 Å². The molecule has 1 atom stereocenters. The van der Waals surface area contributed by atoms with Crippen LogP contribution in [0.1, 0.15) is 45.0 Å². The van der Waals surface area contributed by atoms with Crippen LogP contribution < -0.4 is 0 Å². The smallest absolute Gasteiger partial charge is 0.196 e. The number of aromatic nitrogens is 5. The second-order valence-electron chi connectivity index (χ2n) is 6.73. The molecule has 0 spiro atoms. The maximum atomic E-state index is 5.44. The molecular weight excluding hydrogens is 306 g/mol. The zero-order valence-electron chi connectivity index (χ0n) is 13.8. The molecule has 2 N–H and O–H groups in total. The molecule has 0 saturated heterocycles. The van der Waals surface area contributed by atoms with Gasteiger partial charge in [-0.15, -0.1) is 0 Å². The van der Waals surface area contributed by atoms with Crippen LogP contribution in [0.15, 0.2) is 36.4 Å². The fourth-order valence-corrected chi connectivity index (χ4v) is 2.84. The molecule has 0 aliphatic heterocycles. The second-order valence-corrected chi connectivity index (χ2v) is 7.11. The molecule has 0 aliphatic carbocycles. The molecule has 0 fully saturated rings. The van der Waals surface area contributed by atoms with E-state index >= 15 is 0 Å². The monoisotopic (exact) mass is 327 g/mol. The normalized spacial score (nSPS) is 13.2. The number of hydrogen-bond donors (Lipinski definition) is 2. The number of rotatable bonds is 3. The van der Waals surface area contributed by atoms with Gasteiger partial charge in [0.1, 0.15) is 5.69 Å². The molecule has 1 aromatic carbocycles. The molecule has 0 aliphatic rings. The Morgan fingerprint density at radius 3 is 2.39 bits per heavy atom. The Kier molecular flexibility index (Phi) is 3.93. The Balaban J connectivity index is 2.06. The highest BCUT2D eigenvalue weighted by atomic mass is 32.1. The van der Waals surface area contributed by atoms with E-state index < -0.39 is 0 Å².